The van der Waals surface area contributed by atoms with Gasteiger partial charge in [-0.15, -0.1) is 0 Å². The molecule has 0 spiro atoms. The van der Waals surface area contributed by atoms with Crippen LogP contribution in [0.2, 0.25) is 0 Å². The fourth-order valence-electron chi connectivity index (χ4n) is 2.35. The molecule has 2 unspecified atom stereocenters. The van der Waals surface area contributed by atoms with Crippen molar-refractivity contribution in [1.82, 2.24) is 5.32 Å². The number of hydrogen-bond donors (Lipinski definition) is 3. The van der Waals surface area contributed by atoms with Gasteiger partial charge in [-0.05, 0) is 37.5 Å². The van der Waals surface area contributed by atoms with Crippen molar-refractivity contribution in [3.8, 4) is 0 Å². The summed E-state index contributed by atoms with van der Waals surface area (Å²) in [5.74, 6) is 0.103. The molecule has 22 heavy (non-hydrogen) atoms. The Morgan fingerprint density at radius 1 is 1.41 bits per heavy atom. The van der Waals surface area contributed by atoms with Crippen LogP contribution < -0.4 is 15.5 Å². The molecule has 0 bridgehead atoms. The van der Waals surface area contributed by atoms with Crippen molar-refractivity contribution < 1.29 is 14.7 Å². The van der Waals surface area contributed by atoms with E-state index >= 15 is 0 Å². The standard InChI is InChI=1S/C16H23N3O3/c1-11(10-20)12(2)17-16(22)18-13-5-3-6-14(9-13)19-8-4-7-15(19)21/h3,5-6,9,11-12,20H,4,7-8,10H2,1-2H3,(H2,17,18,22). The van der Waals surface area contributed by atoms with E-state index < -0.39 is 0 Å². The number of rotatable bonds is 5. The molecule has 1 aromatic rings. The van der Waals surface area contributed by atoms with Crippen LogP contribution in [0.4, 0.5) is 16.2 Å². The van der Waals surface area contributed by atoms with Crippen LogP contribution in [0.1, 0.15) is 26.7 Å². The molecule has 6 nitrogen and oxygen atoms in total. The molecule has 0 saturated carbocycles. The van der Waals surface area contributed by atoms with E-state index in [0.29, 0.717) is 12.1 Å². The van der Waals surface area contributed by atoms with Gasteiger partial charge in [0.15, 0.2) is 0 Å². The molecule has 1 heterocycles. The van der Waals surface area contributed by atoms with Crippen molar-refractivity contribution in [3.05, 3.63) is 24.3 Å². The lowest BCUT2D eigenvalue weighted by atomic mass is 10.1. The van der Waals surface area contributed by atoms with Gasteiger partial charge < -0.3 is 20.6 Å². The van der Waals surface area contributed by atoms with Crippen LogP contribution in [0.5, 0.6) is 0 Å². The second kappa shape index (κ2) is 7.26. The summed E-state index contributed by atoms with van der Waals surface area (Å²) < 4.78 is 0. The topological polar surface area (TPSA) is 81.7 Å². The third-order valence-corrected chi connectivity index (χ3v) is 3.99. The summed E-state index contributed by atoms with van der Waals surface area (Å²) in [5, 5.41) is 14.6. The monoisotopic (exact) mass is 305 g/mol. The Bertz CT molecular complexity index is 547. The number of hydrogen-bond acceptors (Lipinski definition) is 3. The number of anilines is 2. The molecule has 1 saturated heterocycles. The highest BCUT2D eigenvalue weighted by molar-refractivity contribution is 5.96. The number of aliphatic hydroxyl groups is 1. The Morgan fingerprint density at radius 3 is 2.82 bits per heavy atom. The van der Waals surface area contributed by atoms with Gasteiger partial charge in [0.25, 0.3) is 0 Å². The number of amides is 3. The average Bonchev–Trinajstić information content (AvgIpc) is 2.92. The fraction of sp³-hybridized carbons (Fsp3) is 0.500. The van der Waals surface area contributed by atoms with Crippen molar-refractivity contribution in [2.24, 2.45) is 5.92 Å². The Labute approximate surface area is 130 Å². The smallest absolute Gasteiger partial charge is 0.319 e. The van der Waals surface area contributed by atoms with Crippen molar-refractivity contribution >= 4 is 23.3 Å². The Balaban J connectivity index is 1.98. The molecule has 0 aliphatic carbocycles. The van der Waals surface area contributed by atoms with Gasteiger partial charge in [-0.2, -0.15) is 0 Å². The summed E-state index contributed by atoms with van der Waals surface area (Å²) in [4.78, 5) is 25.5. The number of urea groups is 1. The summed E-state index contributed by atoms with van der Waals surface area (Å²) in [6.45, 7) is 4.46. The molecule has 1 aromatic carbocycles. The van der Waals surface area contributed by atoms with E-state index in [0.717, 1.165) is 18.7 Å². The molecule has 0 aromatic heterocycles. The third kappa shape index (κ3) is 3.98. The van der Waals surface area contributed by atoms with Gasteiger partial charge in [0.1, 0.15) is 0 Å². The van der Waals surface area contributed by atoms with E-state index in [-0.39, 0.29) is 30.5 Å². The predicted molar refractivity (Wildman–Crippen MR) is 85.9 cm³/mol. The van der Waals surface area contributed by atoms with Gasteiger partial charge in [-0.3, -0.25) is 4.79 Å². The SMILES string of the molecule is CC(CO)C(C)NC(=O)Nc1cccc(N2CCCC2=O)c1. The Hall–Kier alpha value is -2.08. The van der Waals surface area contributed by atoms with Gasteiger partial charge in [0.2, 0.25) is 5.91 Å². The van der Waals surface area contributed by atoms with Gasteiger partial charge in [0, 0.05) is 37.0 Å². The molecule has 3 N–H and O–H groups in total. The van der Waals surface area contributed by atoms with Gasteiger partial charge in [0.05, 0.1) is 0 Å². The van der Waals surface area contributed by atoms with Crippen LogP contribution in [-0.2, 0) is 4.79 Å². The predicted octanol–water partition coefficient (Wildman–Crippen LogP) is 1.95. The van der Waals surface area contributed by atoms with Crippen LogP contribution in [0, 0.1) is 5.92 Å². The van der Waals surface area contributed by atoms with Crippen LogP contribution >= 0.6 is 0 Å². The number of nitrogens with zero attached hydrogens (tertiary/aromatic N) is 1. The summed E-state index contributed by atoms with van der Waals surface area (Å²) in [7, 11) is 0. The molecule has 3 amide bonds. The summed E-state index contributed by atoms with van der Waals surface area (Å²) in [6.07, 6.45) is 1.45. The van der Waals surface area contributed by atoms with Crippen molar-refractivity contribution in [3.63, 3.8) is 0 Å². The summed E-state index contributed by atoms with van der Waals surface area (Å²) in [5.41, 5.74) is 1.44. The molecular weight excluding hydrogens is 282 g/mol. The Morgan fingerprint density at radius 2 is 2.18 bits per heavy atom. The quantitative estimate of drug-likeness (QED) is 0.777. The van der Waals surface area contributed by atoms with E-state index in [2.05, 4.69) is 10.6 Å². The third-order valence-electron chi connectivity index (χ3n) is 3.99. The van der Waals surface area contributed by atoms with Gasteiger partial charge in [-0.1, -0.05) is 13.0 Å². The lowest BCUT2D eigenvalue weighted by Gasteiger charge is -2.20. The average molecular weight is 305 g/mol. The maximum absolute atomic E-state index is 12.0. The summed E-state index contributed by atoms with van der Waals surface area (Å²) in [6, 6.07) is 6.80. The highest BCUT2D eigenvalue weighted by Crippen LogP contribution is 2.24. The first kappa shape index (κ1) is 16.3. The molecule has 1 aliphatic rings. The zero-order valence-electron chi connectivity index (χ0n) is 13.0. The van der Waals surface area contributed by atoms with E-state index in [1.807, 2.05) is 26.0 Å². The lowest BCUT2D eigenvalue weighted by molar-refractivity contribution is -0.117. The maximum Gasteiger partial charge on any atom is 0.319 e. The van der Waals surface area contributed by atoms with Crippen LogP contribution in [0.15, 0.2) is 24.3 Å². The maximum atomic E-state index is 12.0. The number of carbonyl (C=O) groups is 2. The Kier molecular flexibility index (Phi) is 5.38. The molecule has 120 valence electrons. The second-order valence-electron chi connectivity index (χ2n) is 5.75. The van der Waals surface area contributed by atoms with Crippen molar-refractivity contribution in [1.29, 1.82) is 0 Å². The van der Waals surface area contributed by atoms with Gasteiger partial charge >= 0.3 is 6.03 Å². The molecule has 0 radical (unpaired) electrons. The van der Waals surface area contributed by atoms with E-state index in [4.69, 9.17) is 5.11 Å². The summed E-state index contributed by atoms with van der Waals surface area (Å²) >= 11 is 0. The lowest BCUT2D eigenvalue weighted by Crippen LogP contribution is -2.40. The van der Waals surface area contributed by atoms with Crippen molar-refractivity contribution in [2.75, 3.05) is 23.4 Å². The molecule has 6 heteroatoms. The molecule has 1 aliphatic heterocycles. The highest BCUT2D eigenvalue weighted by Gasteiger charge is 2.22. The molecule has 2 rings (SSSR count). The zero-order valence-corrected chi connectivity index (χ0v) is 13.0. The second-order valence-corrected chi connectivity index (χ2v) is 5.75. The number of benzene rings is 1. The van der Waals surface area contributed by atoms with E-state index in [9.17, 15) is 9.59 Å². The van der Waals surface area contributed by atoms with E-state index in [1.54, 1.807) is 17.0 Å². The van der Waals surface area contributed by atoms with E-state index in [1.165, 1.54) is 0 Å². The first-order chi connectivity index (χ1) is 10.5. The first-order valence-corrected chi connectivity index (χ1v) is 7.60. The minimum absolute atomic E-state index is 0.0145. The minimum atomic E-state index is -0.322. The largest absolute Gasteiger partial charge is 0.396 e. The molecular formula is C16H23N3O3. The van der Waals surface area contributed by atoms with Crippen LogP contribution in [-0.4, -0.2) is 36.2 Å². The van der Waals surface area contributed by atoms with Crippen LogP contribution in [0.3, 0.4) is 0 Å². The zero-order chi connectivity index (χ0) is 16.1. The number of carbonyl (C=O) groups excluding carboxylic acids is 2. The number of aliphatic hydroxyl groups excluding tert-OH is 1. The van der Waals surface area contributed by atoms with Gasteiger partial charge in [-0.25, -0.2) is 4.79 Å². The number of nitrogens with one attached hydrogen (secondary N) is 2. The highest BCUT2D eigenvalue weighted by atomic mass is 16.3. The van der Waals surface area contributed by atoms with Crippen LogP contribution in [0.25, 0.3) is 0 Å². The first-order valence-electron chi connectivity index (χ1n) is 7.60. The fourth-order valence-corrected chi connectivity index (χ4v) is 2.35. The minimum Gasteiger partial charge on any atom is -0.396 e. The molecule has 1 fully saturated rings. The van der Waals surface area contributed by atoms with Crippen molar-refractivity contribution in [2.45, 2.75) is 32.7 Å². The normalized spacial score (nSPS) is 17.2. The molecule has 2 atom stereocenters.